The number of ether oxygens (including phenoxy) is 2. The fourth-order valence-electron chi connectivity index (χ4n) is 3.27. The summed E-state index contributed by atoms with van der Waals surface area (Å²) in [6.07, 6.45) is 2.96. The van der Waals surface area contributed by atoms with Gasteiger partial charge in [0.25, 0.3) is 0 Å². The molecule has 3 rings (SSSR count). The Bertz CT molecular complexity index is 768. The van der Waals surface area contributed by atoms with Crippen LogP contribution in [-0.4, -0.2) is 35.1 Å². The number of rotatable bonds is 5. The molecule has 0 aliphatic carbocycles. The van der Waals surface area contributed by atoms with Crippen molar-refractivity contribution in [3.63, 3.8) is 0 Å². The van der Waals surface area contributed by atoms with Crippen molar-refractivity contribution in [1.82, 2.24) is 14.9 Å². The molecular weight excluding hydrogens is 326 g/mol. The predicted octanol–water partition coefficient (Wildman–Crippen LogP) is 3.74. The first-order chi connectivity index (χ1) is 12.4. The largest absolute Gasteiger partial charge is 0.493 e. The zero-order chi connectivity index (χ0) is 18.7. The van der Waals surface area contributed by atoms with Gasteiger partial charge in [-0.1, -0.05) is 32.9 Å². The van der Waals surface area contributed by atoms with Gasteiger partial charge in [-0.15, -0.1) is 0 Å². The van der Waals surface area contributed by atoms with E-state index in [0.717, 1.165) is 48.9 Å². The number of benzene rings is 1. The third kappa shape index (κ3) is 3.98. The van der Waals surface area contributed by atoms with Crippen LogP contribution in [0.5, 0.6) is 11.5 Å². The summed E-state index contributed by atoms with van der Waals surface area (Å²) in [6.45, 7) is 11.8. The van der Waals surface area contributed by atoms with Crippen LogP contribution in [0, 0.1) is 0 Å². The molecule has 0 saturated carbocycles. The average Bonchev–Trinajstić information content (AvgIpc) is 2.62. The van der Waals surface area contributed by atoms with Crippen LogP contribution in [0.25, 0.3) is 0 Å². The van der Waals surface area contributed by atoms with Gasteiger partial charge in [0.1, 0.15) is 5.82 Å². The molecule has 26 heavy (non-hydrogen) atoms. The lowest BCUT2D eigenvalue weighted by atomic mass is 9.95. The highest BCUT2D eigenvalue weighted by Crippen LogP contribution is 2.33. The normalized spacial score (nSPS) is 14.8. The molecule has 1 aromatic carbocycles. The maximum absolute atomic E-state index is 5.85. The fourth-order valence-corrected chi connectivity index (χ4v) is 3.27. The SMILES string of the molecule is CCOc1c(CN2CCc3nc(C(C)(C)C)ncc3C2)cccc1OC. The standard InChI is InChI=1S/C21H29N3O2/c1-6-26-19-15(8-7-9-18(19)25-5)13-24-11-10-17-16(14-24)12-22-20(23-17)21(2,3)4/h7-9,12H,6,10-11,13-14H2,1-5H3. The first-order valence-corrected chi connectivity index (χ1v) is 9.28. The zero-order valence-electron chi connectivity index (χ0n) is 16.5. The van der Waals surface area contributed by atoms with Crippen LogP contribution in [-0.2, 0) is 24.9 Å². The van der Waals surface area contributed by atoms with Gasteiger partial charge < -0.3 is 9.47 Å². The van der Waals surface area contributed by atoms with Crippen molar-refractivity contribution in [2.45, 2.75) is 52.6 Å². The molecule has 2 aromatic rings. The molecule has 0 spiro atoms. The maximum Gasteiger partial charge on any atom is 0.165 e. The smallest absolute Gasteiger partial charge is 0.165 e. The van der Waals surface area contributed by atoms with E-state index < -0.39 is 0 Å². The second-order valence-corrected chi connectivity index (χ2v) is 7.76. The predicted molar refractivity (Wildman–Crippen MR) is 103 cm³/mol. The summed E-state index contributed by atoms with van der Waals surface area (Å²) < 4.78 is 11.3. The molecule has 140 valence electrons. The van der Waals surface area contributed by atoms with Crippen molar-refractivity contribution in [2.75, 3.05) is 20.3 Å². The quantitative estimate of drug-likeness (QED) is 0.818. The molecule has 0 atom stereocenters. The summed E-state index contributed by atoms with van der Waals surface area (Å²) in [4.78, 5) is 11.8. The molecule has 1 aliphatic rings. The Kier molecular flexibility index (Phi) is 5.47. The minimum atomic E-state index is -0.0147. The van der Waals surface area contributed by atoms with Gasteiger partial charge in [0.15, 0.2) is 11.5 Å². The molecule has 0 bridgehead atoms. The van der Waals surface area contributed by atoms with Gasteiger partial charge in [-0.3, -0.25) is 4.90 Å². The third-order valence-corrected chi connectivity index (χ3v) is 4.65. The van der Waals surface area contributed by atoms with Crippen LogP contribution in [0.2, 0.25) is 0 Å². The minimum absolute atomic E-state index is 0.0147. The number of nitrogens with zero attached hydrogens (tertiary/aromatic N) is 3. The summed E-state index contributed by atoms with van der Waals surface area (Å²) in [5, 5.41) is 0. The lowest BCUT2D eigenvalue weighted by molar-refractivity contribution is 0.234. The van der Waals surface area contributed by atoms with E-state index in [1.807, 2.05) is 25.3 Å². The number of para-hydroxylation sites is 1. The molecule has 0 fully saturated rings. The molecule has 1 aromatic heterocycles. The first-order valence-electron chi connectivity index (χ1n) is 9.28. The first kappa shape index (κ1) is 18.6. The van der Waals surface area contributed by atoms with Crippen LogP contribution < -0.4 is 9.47 Å². The number of hydrogen-bond donors (Lipinski definition) is 0. The van der Waals surface area contributed by atoms with Crippen molar-refractivity contribution in [1.29, 1.82) is 0 Å². The molecule has 0 unspecified atom stereocenters. The van der Waals surface area contributed by atoms with Crippen molar-refractivity contribution in [2.24, 2.45) is 0 Å². The summed E-state index contributed by atoms with van der Waals surface area (Å²) >= 11 is 0. The average molecular weight is 355 g/mol. The van der Waals surface area contributed by atoms with Gasteiger partial charge in [-0.2, -0.15) is 0 Å². The molecule has 5 heteroatoms. The molecular formula is C21H29N3O2. The van der Waals surface area contributed by atoms with Crippen LogP contribution in [0.3, 0.4) is 0 Å². The summed E-state index contributed by atoms with van der Waals surface area (Å²) in [5.74, 6) is 2.57. The number of fused-ring (bicyclic) bond motifs is 1. The fraction of sp³-hybridized carbons (Fsp3) is 0.524. The Morgan fingerprint density at radius 2 is 2.04 bits per heavy atom. The van der Waals surface area contributed by atoms with Crippen LogP contribution >= 0.6 is 0 Å². The van der Waals surface area contributed by atoms with E-state index in [0.29, 0.717) is 6.61 Å². The van der Waals surface area contributed by atoms with Crippen LogP contribution in [0.15, 0.2) is 24.4 Å². The molecule has 0 radical (unpaired) electrons. The molecule has 0 N–H and O–H groups in total. The van der Waals surface area contributed by atoms with Gasteiger partial charge in [0.2, 0.25) is 0 Å². The number of aromatic nitrogens is 2. The van der Waals surface area contributed by atoms with Crippen molar-refractivity contribution >= 4 is 0 Å². The molecule has 0 amide bonds. The van der Waals surface area contributed by atoms with E-state index in [1.165, 1.54) is 11.3 Å². The maximum atomic E-state index is 5.85. The molecule has 5 nitrogen and oxygen atoms in total. The van der Waals surface area contributed by atoms with E-state index in [-0.39, 0.29) is 5.41 Å². The summed E-state index contributed by atoms with van der Waals surface area (Å²) in [7, 11) is 1.68. The molecule has 2 heterocycles. The lowest BCUT2D eigenvalue weighted by Gasteiger charge is -2.29. The third-order valence-electron chi connectivity index (χ3n) is 4.65. The Morgan fingerprint density at radius 3 is 2.73 bits per heavy atom. The molecule has 1 aliphatic heterocycles. The van der Waals surface area contributed by atoms with Crippen LogP contribution in [0.4, 0.5) is 0 Å². The van der Waals surface area contributed by atoms with E-state index in [2.05, 4.69) is 36.7 Å². The second-order valence-electron chi connectivity index (χ2n) is 7.76. The summed E-state index contributed by atoms with van der Waals surface area (Å²) in [6, 6.07) is 6.08. The second kappa shape index (κ2) is 7.62. The Labute approximate surface area is 156 Å². The topological polar surface area (TPSA) is 47.5 Å². The Morgan fingerprint density at radius 1 is 1.23 bits per heavy atom. The van der Waals surface area contributed by atoms with Gasteiger partial charge in [-0.05, 0) is 13.0 Å². The van der Waals surface area contributed by atoms with E-state index in [4.69, 9.17) is 14.5 Å². The highest BCUT2D eigenvalue weighted by atomic mass is 16.5. The monoisotopic (exact) mass is 355 g/mol. The zero-order valence-corrected chi connectivity index (χ0v) is 16.5. The van der Waals surface area contributed by atoms with Crippen molar-refractivity contribution in [3.8, 4) is 11.5 Å². The van der Waals surface area contributed by atoms with Crippen LogP contribution in [0.1, 0.15) is 50.3 Å². The minimum Gasteiger partial charge on any atom is -0.493 e. The summed E-state index contributed by atoms with van der Waals surface area (Å²) in [5.41, 5.74) is 3.56. The lowest BCUT2D eigenvalue weighted by Crippen LogP contribution is -2.32. The Balaban J connectivity index is 1.78. The van der Waals surface area contributed by atoms with Gasteiger partial charge in [0, 0.05) is 54.5 Å². The van der Waals surface area contributed by atoms with Crippen molar-refractivity contribution < 1.29 is 9.47 Å². The van der Waals surface area contributed by atoms with Crippen molar-refractivity contribution in [3.05, 3.63) is 47.0 Å². The Hall–Kier alpha value is -2.14. The van der Waals surface area contributed by atoms with E-state index in [1.54, 1.807) is 7.11 Å². The van der Waals surface area contributed by atoms with E-state index in [9.17, 15) is 0 Å². The molecule has 0 saturated heterocycles. The van der Waals surface area contributed by atoms with Gasteiger partial charge in [0.05, 0.1) is 13.7 Å². The number of methoxy groups -OCH3 is 1. The van der Waals surface area contributed by atoms with Gasteiger partial charge in [-0.25, -0.2) is 9.97 Å². The highest BCUT2D eigenvalue weighted by Gasteiger charge is 2.23. The number of hydrogen-bond acceptors (Lipinski definition) is 5. The highest BCUT2D eigenvalue weighted by molar-refractivity contribution is 5.46. The van der Waals surface area contributed by atoms with E-state index >= 15 is 0 Å². The van der Waals surface area contributed by atoms with Gasteiger partial charge >= 0.3 is 0 Å².